The molecule has 0 fully saturated rings. The Labute approximate surface area is 247 Å². The molecule has 1 aliphatic carbocycles. The van der Waals surface area contributed by atoms with Gasteiger partial charge in [0.25, 0.3) is 0 Å². The number of unbranched alkanes of at least 4 members (excludes halogenated alkanes) is 13. The lowest BCUT2D eigenvalue weighted by Gasteiger charge is -2.14. The zero-order chi connectivity index (χ0) is 29.1. The molecule has 1 aliphatic rings. The quantitative estimate of drug-likeness (QED) is 0.0663. The maximum Gasteiger partial charge on any atom is 0.214 e. The van der Waals surface area contributed by atoms with Crippen LogP contribution in [0, 0.1) is 39.9 Å². The van der Waals surface area contributed by atoms with Gasteiger partial charge in [-0.15, -0.1) is 0 Å². The van der Waals surface area contributed by atoms with E-state index in [0.717, 1.165) is 12.1 Å². The summed E-state index contributed by atoms with van der Waals surface area (Å²) in [5.41, 5.74) is 4.43. The zero-order valence-corrected chi connectivity index (χ0v) is 25.0. The van der Waals surface area contributed by atoms with Crippen molar-refractivity contribution >= 4 is 17.5 Å². The summed E-state index contributed by atoms with van der Waals surface area (Å²) in [5.74, 6) is 1.80. The van der Waals surface area contributed by atoms with Crippen molar-refractivity contribution in [2.75, 3.05) is 0 Å². The van der Waals surface area contributed by atoms with Gasteiger partial charge in [-0.1, -0.05) is 115 Å². The third-order valence-electron chi connectivity index (χ3n) is 8.15. The van der Waals surface area contributed by atoms with E-state index in [4.69, 9.17) is 5.41 Å². The first-order valence-corrected chi connectivity index (χ1v) is 15.8. The summed E-state index contributed by atoms with van der Waals surface area (Å²) in [4.78, 5) is 0. The van der Waals surface area contributed by atoms with E-state index in [1.54, 1.807) is 0 Å². The number of pyridine rings is 2. The fourth-order valence-electron chi connectivity index (χ4n) is 5.68. The van der Waals surface area contributed by atoms with Gasteiger partial charge in [0.05, 0.1) is 6.07 Å². The van der Waals surface area contributed by atoms with E-state index in [9.17, 15) is 10.5 Å². The highest BCUT2D eigenvalue weighted by molar-refractivity contribution is 5.64. The molecule has 0 aliphatic heterocycles. The number of rotatable bonds is 18. The number of nitrogens with zero attached hydrogens (tertiary/aromatic N) is 3. The highest BCUT2D eigenvalue weighted by atomic mass is 14.9. The van der Waals surface area contributed by atoms with Crippen LogP contribution in [0.4, 0.5) is 0 Å². The van der Waals surface area contributed by atoms with Gasteiger partial charge in [-0.2, -0.15) is 14.9 Å². The van der Waals surface area contributed by atoms with Crippen LogP contribution in [-0.4, -0.2) is 5.87 Å². The first kappa shape index (κ1) is 31.8. The SMILES string of the molecule is CCCCCCCCCCCCCCCCc1ccc(/C=C(/C#N)C2C=CC(C(=C=N)C#N)C=C2)[n+]2ccccc12. The van der Waals surface area contributed by atoms with Crippen molar-refractivity contribution < 1.29 is 4.40 Å². The van der Waals surface area contributed by atoms with Gasteiger partial charge >= 0.3 is 0 Å². The van der Waals surface area contributed by atoms with Gasteiger partial charge in [0.15, 0.2) is 6.20 Å². The molecule has 0 radical (unpaired) electrons. The average Bonchev–Trinajstić information content (AvgIpc) is 3.01. The van der Waals surface area contributed by atoms with Crippen molar-refractivity contribution in [3.05, 3.63) is 83.2 Å². The standard InChI is InChI=1S/C37H47N4/c1-2-3-4-5-6-7-8-9-10-11-12-13-14-15-18-33-24-25-36(41-26-17-16-19-37(33)41)27-34(28-38)31-20-22-32(23-21-31)35(29-39)30-40/h16-17,19-27,31-32,39H,2-15,18H2,1H3/q+1/b34-27-. The lowest BCUT2D eigenvalue weighted by atomic mass is 9.87. The molecule has 0 atom stereocenters. The molecule has 41 heavy (non-hydrogen) atoms. The molecular weight excluding hydrogens is 500 g/mol. The van der Waals surface area contributed by atoms with Crippen molar-refractivity contribution in [3.8, 4) is 12.1 Å². The number of nitrogens with one attached hydrogen (secondary N) is 1. The van der Waals surface area contributed by atoms with Crippen LogP contribution >= 0.6 is 0 Å². The Kier molecular flexibility index (Phi) is 14.4. The molecule has 2 aromatic rings. The van der Waals surface area contributed by atoms with Crippen molar-refractivity contribution in [1.29, 1.82) is 15.9 Å². The predicted octanol–water partition coefficient (Wildman–Crippen LogP) is 9.41. The molecule has 0 aromatic carbocycles. The van der Waals surface area contributed by atoms with Crippen LogP contribution in [0.1, 0.15) is 108 Å². The number of allylic oxidation sites excluding steroid dienone is 6. The highest BCUT2D eigenvalue weighted by Crippen LogP contribution is 2.26. The number of nitriles is 2. The van der Waals surface area contributed by atoms with Crippen LogP contribution in [0.2, 0.25) is 0 Å². The summed E-state index contributed by atoms with van der Waals surface area (Å²) in [6.45, 7) is 2.28. The minimum absolute atomic E-state index is 0.156. The lowest BCUT2D eigenvalue weighted by molar-refractivity contribution is -0.514. The second kappa shape index (κ2) is 18.6. The highest BCUT2D eigenvalue weighted by Gasteiger charge is 2.19. The van der Waals surface area contributed by atoms with Crippen LogP contribution in [0.5, 0.6) is 0 Å². The van der Waals surface area contributed by atoms with Crippen LogP contribution in [0.15, 0.2) is 72.0 Å². The largest absolute Gasteiger partial charge is 0.258 e. The van der Waals surface area contributed by atoms with Crippen LogP contribution in [-0.2, 0) is 6.42 Å². The molecule has 0 bridgehead atoms. The van der Waals surface area contributed by atoms with Crippen LogP contribution in [0.3, 0.4) is 0 Å². The molecule has 0 saturated heterocycles. The van der Waals surface area contributed by atoms with E-state index in [2.05, 4.69) is 53.7 Å². The number of aryl methyl sites for hydroxylation is 1. The second-order valence-electron chi connectivity index (χ2n) is 11.3. The molecule has 214 valence electrons. The van der Waals surface area contributed by atoms with Gasteiger partial charge in [-0.3, -0.25) is 5.41 Å². The molecule has 3 rings (SSSR count). The summed E-state index contributed by atoms with van der Waals surface area (Å²) < 4.78 is 2.18. The topological polar surface area (TPSA) is 75.5 Å². The molecule has 0 saturated carbocycles. The van der Waals surface area contributed by atoms with Crippen molar-refractivity contribution in [3.63, 3.8) is 0 Å². The van der Waals surface area contributed by atoms with E-state index in [0.29, 0.717) is 5.57 Å². The lowest BCUT2D eigenvalue weighted by Crippen LogP contribution is -2.26. The van der Waals surface area contributed by atoms with Gasteiger partial charge < -0.3 is 0 Å². The number of hydrogen-bond acceptors (Lipinski definition) is 3. The Morgan fingerprint density at radius 1 is 0.756 bits per heavy atom. The third-order valence-corrected chi connectivity index (χ3v) is 8.15. The summed E-state index contributed by atoms with van der Waals surface area (Å²) in [5, 5.41) is 26.4. The fraction of sp³-hybridized carbons (Fsp3) is 0.486. The normalized spacial score (nSPS) is 16.3. The number of aromatic nitrogens is 1. The van der Waals surface area contributed by atoms with E-state index in [-0.39, 0.29) is 17.4 Å². The Hall–Kier alpha value is -3.72. The number of fused-ring (bicyclic) bond motifs is 1. The first-order valence-electron chi connectivity index (χ1n) is 15.8. The number of hydrogen-bond donors (Lipinski definition) is 1. The first-order chi connectivity index (χ1) is 20.2. The van der Waals surface area contributed by atoms with Crippen molar-refractivity contribution in [2.45, 2.75) is 103 Å². The molecule has 0 amide bonds. The Morgan fingerprint density at radius 3 is 1.90 bits per heavy atom. The minimum atomic E-state index is -0.252. The molecule has 1 N–H and O–H groups in total. The summed E-state index contributed by atoms with van der Waals surface area (Å²) in [7, 11) is 0. The van der Waals surface area contributed by atoms with Gasteiger partial charge in [0.2, 0.25) is 11.2 Å². The van der Waals surface area contributed by atoms with Crippen molar-refractivity contribution in [2.24, 2.45) is 11.8 Å². The Morgan fingerprint density at radius 2 is 1.34 bits per heavy atom. The van der Waals surface area contributed by atoms with Gasteiger partial charge in [-0.25, -0.2) is 0 Å². The third kappa shape index (κ3) is 10.3. The molecule has 4 heteroatoms. The fourth-order valence-corrected chi connectivity index (χ4v) is 5.68. The van der Waals surface area contributed by atoms with Gasteiger partial charge in [-0.05, 0) is 30.8 Å². The zero-order valence-electron chi connectivity index (χ0n) is 25.0. The second-order valence-corrected chi connectivity index (χ2v) is 11.3. The van der Waals surface area contributed by atoms with Crippen molar-refractivity contribution in [1.82, 2.24) is 0 Å². The molecule has 2 heterocycles. The molecule has 4 nitrogen and oxygen atoms in total. The summed E-state index contributed by atoms with van der Waals surface area (Å²) in [6.07, 6.45) is 31.9. The van der Waals surface area contributed by atoms with E-state index < -0.39 is 0 Å². The summed E-state index contributed by atoms with van der Waals surface area (Å²) in [6, 6.07) is 15.0. The molecule has 0 spiro atoms. The van der Waals surface area contributed by atoms with Gasteiger partial charge in [0, 0.05) is 47.2 Å². The maximum atomic E-state index is 9.93. The average molecular weight is 548 g/mol. The van der Waals surface area contributed by atoms with E-state index in [1.165, 1.54) is 101 Å². The monoisotopic (exact) mass is 547 g/mol. The Balaban J connectivity index is 1.48. The van der Waals surface area contributed by atoms with Gasteiger partial charge in [0.1, 0.15) is 11.6 Å². The minimum Gasteiger partial charge on any atom is -0.258 e. The van der Waals surface area contributed by atoms with Crippen LogP contribution in [0.25, 0.3) is 11.6 Å². The molecule has 0 unspecified atom stereocenters. The molecular formula is C37H47N4+. The smallest absolute Gasteiger partial charge is 0.214 e. The predicted molar refractivity (Wildman–Crippen MR) is 169 cm³/mol. The summed E-state index contributed by atoms with van der Waals surface area (Å²) >= 11 is 0. The van der Waals surface area contributed by atoms with E-state index >= 15 is 0 Å². The molecule has 2 aromatic heterocycles. The Bertz CT molecular complexity index is 1310. The van der Waals surface area contributed by atoms with Crippen LogP contribution < -0.4 is 4.40 Å². The maximum absolute atomic E-state index is 9.93. The van der Waals surface area contributed by atoms with E-state index in [1.807, 2.05) is 42.5 Å².